The normalized spacial score (nSPS) is 10.0. The van der Waals surface area contributed by atoms with E-state index in [1.165, 1.54) is 0 Å². The zero-order chi connectivity index (χ0) is 18.8. The molecule has 0 saturated heterocycles. The molecule has 2 aromatic rings. The minimum absolute atomic E-state index is 0. The molecule has 0 aliphatic rings. The number of aryl methyl sites for hydroxylation is 1. The van der Waals surface area contributed by atoms with Crippen molar-refractivity contribution in [3.8, 4) is 0 Å². The van der Waals surface area contributed by atoms with E-state index in [1.807, 2.05) is 43.3 Å². The summed E-state index contributed by atoms with van der Waals surface area (Å²) in [7, 11) is 0. The minimum Gasteiger partial charge on any atom is -0.330 e. The van der Waals surface area contributed by atoms with Gasteiger partial charge in [-0.25, -0.2) is 0 Å². The zero-order valence-electron chi connectivity index (χ0n) is 15.7. The van der Waals surface area contributed by atoms with Crippen LogP contribution in [0.15, 0.2) is 48.5 Å². The van der Waals surface area contributed by atoms with Crippen LogP contribution >= 0.6 is 12.4 Å². The first-order valence-electron chi connectivity index (χ1n) is 9.07. The Morgan fingerprint density at radius 2 is 1.63 bits per heavy atom. The molecule has 0 bridgehead atoms. The third-order valence-electron chi connectivity index (χ3n) is 4.16. The second-order valence-electron chi connectivity index (χ2n) is 6.35. The Hall–Kier alpha value is -2.37. The summed E-state index contributed by atoms with van der Waals surface area (Å²) in [4.78, 5) is 24.5. The molecule has 0 aliphatic heterocycles. The highest BCUT2D eigenvalue weighted by atomic mass is 35.5. The van der Waals surface area contributed by atoms with Gasteiger partial charge in [0.05, 0.1) is 0 Å². The first-order valence-corrected chi connectivity index (χ1v) is 9.07. The van der Waals surface area contributed by atoms with E-state index in [2.05, 4.69) is 10.6 Å². The summed E-state index contributed by atoms with van der Waals surface area (Å²) in [5, 5.41) is 5.77. The van der Waals surface area contributed by atoms with E-state index in [1.54, 1.807) is 12.1 Å². The van der Waals surface area contributed by atoms with E-state index in [0.29, 0.717) is 24.2 Å². The lowest BCUT2D eigenvalue weighted by molar-refractivity contribution is -0.116. The van der Waals surface area contributed by atoms with Crippen LogP contribution in [0.1, 0.15) is 48.0 Å². The third-order valence-corrected chi connectivity index (χ3v) is 4.16. The number of unbranched alkanes of at least 4 members (excludes halogenated alkanes) is 3. The van der Waals surface area contributed by atoms with Crippen LogP contribution in [0.5, 0.6) is 0 Å². The van der Waals surface area contributed by atoms with Gasteiger partial charge in [0.1, 0.15) is 0 Å². The Labute approximate surface area is 167 Å². The molecule has 0 aliphatic carbocycles. The van der Waals surface area contributed by atoms with Crippen LogP contribution in [0, 0.1) is 6.92 Å². The number of halogens is 1. The molecule has 0 unspecified atom stereocenters. The van der Waals surface area contributed by atoms with Gasteiger partial charge in [0.2, 0.25) is 5.91 Å². The lowest BCUT2D eigenvalue weighted by Crippen LogP contribution is -2.15. The summed E-state index contributed by atoms with van der Waals surface area (Å²) >= 11 is 0. The molecule has 0 saturated carbocycles. The van der Waals surface area contributed by atoms with Crippen molar-refractivity contribution in [1.82, 2.24) is 0 Å². The highest BCUT2D eigenvalue weighted by Gasteiger charge is 2.10. The van der Waals surface area contributed by atoms with Gasteiger partial charge in [0.25, 0.3) is 5.91 Å². The molecule has 2 amide bonds. The van der Waals surface area contributed by atoms with E-state index in [-0.39, 0.29) is 24.2 Å². The molecular weight excluding hydrogens is 362 g/mol. The largest absolute Gasteiger partial charge is 0.330 e. The van der Waals surface area contributed by atoms with Crippen molar-refractivity contribution in [2.75, 3.05) is 17.2 Å². The molecular formula is C21H28ClN3O2. The quantitative estimate of drug-likeness (QED) is 0.551. The first kappa shape index (κ1) is 22.7. The molecule has 0 radical (unpaired) electrons. The Morgan fingerprint density at radius 3 is 2.33 bits per heavy atom. The van der Waals surface area contributed by atoms with Crippen LogP contribution in [0.2, 0.25) is 0 Å². The molecule has 2 rings (SSSR count). The molecule has 0 atom stereocenters. The summed E-state index contributed by atoms with van der Waals surface area (Å²) in [6.45, 7) is 2.61. The van der Waals surface area contributed by atoms with Gasteiger partial charge < -0.3 is 16.4 Å². The van der Waals surface area contributed by atoms with E-state index in [4.69, 9.17) is 5.73 Å². The monoisotopic (exact) mass is 389 g/mol. The molecule has 0 spiro atoms. The van der Waals surface area contributed by atoms with Crippen molar-refractivity contribution < 1.29 is 9.59 Å². The van der Waals surface area contributed by atoms with E-state index in [9.17, 15) is 9.59 Å². The molecule has 4 N–H and O–H groups in total. The Bertz CT molecular complexity index is 735. The molecule has 146 valence electrons. The number of amides is 2. The van der Waals surface area contributed by atoms with Gasteiger partial charge >= 0.3 is 0 Å². The van der Waals surface area contributed by atoms with Crippen molar-refractivity contribution in [2.24, 2.45) is 5.73 Å². The van der Waals surface area contributed by atoms with Crippen molar-refractivity contribution in [2.45, 2.75) is 39.0 Å². The number of nitrogens with two attached hydrogens (primary N) is 1. The molecule has 0 aromatic heterocycles. The number of carbonyl (C=O) groups is 2. The lowest BCUT2D eigenvalue weighted by atomic mass is 10.1. The van der Waals surface area contributed by atoms with Gasteiger partial charge in [-0.2, -0.15) is 0 Å². The van der Waals surface area contributed by atoms with Crippen molar-refractivity contribution in [1.29, 1.82) is 0 Å². The van der Waals surface area contributed by atoms with Gasteiger partial charge in [-0.05, 0) is 56.1 Å². The molecule has 27 heavy (non-hydrogen) atoms. The summed E-state index contributed by atoms with van der Waals surface area (Å²) in [6, 6.07) is 14.6. The maximum Gasteiger partial charge on any atom is 0.255 e. The van der Waals surface area contributed by atoms with Crippen LogP contribution in [0.4, 0.5) is 11.4 Å². The highest BCUT2D eigenvalue weighted by molar-refractivity contribution is 6.05. The number of carbonyl (C=O) groups excluding carboxylic acids is 2. The molecule has 6 heteroatoms. The van der Waals surface area contributed by atoms with Crippen molar-refractivity contribution in [3.05, 3.63) is 59.7 Å². The van der Waals surface area contributed by atoms with Gasteiger partial charge in [0, 0.05) is 23.4 Å². The van der Waals surface area contributed by atoms with Gasteiger partial charge in [-0.3, -0.25) is 9.59 Å². The SMILES string of the molecule is Cc1ccc(C(=O)Nc2ccccc2)cc1NC(=O)CCCCCCN.Cl. The standard InChI is InChI=1S/C21H27N3O2.ClH/c1-16-12-13-17(21(26)23-18-9-5-4-6-10-18)15-19(16)24-20(25)11-7-2-3-8-14-22;/h4-6,9-10,12-13,15H,2-3,7-8,11,14,22H2,1H3,(H,23,26)(H,24,25);1H. The average Bonchev–Trinajstić information content (AvgIpc) is 2.64. The molecule has 2 aromatic carbocycles. The fourth-order valence-corrected chi connectivity index (χ4v) is 2.62. The Morgan fingerprint density at radius 1 is 0.926 bits per heavy atom. The first-order chi connectivity index (χ1) is 12.6. The van der Waals surface area contributed by atoms with Crippen LogP contribution < -0.4 is 16.4 Å². The predicted octanol–water partition coefficient (Wildman–Crippen LogP) is 4.52. The summed E-state index contributed by atoms with van der Waals surface area (Å²) < 4.78 is 0. The van der Waals surface area contributed by atoms with E-state index < -0.39 is 0 Å². The average molecular weight is 390 g/mol. The third kappa shape index (κ3) is 7.81. The van der Waals surface area contributed by atoms with E-state index in [0.717, 1.165) is 36.9 Å². The highest BCUT2D eigenvalue weighted by Crippen LogP contribution is 2.19. The molecule has 0 heterocycles. The number of hydrogen-bond acceptors (Lipinski definition) is 3. The van der Waals surface area contributed by atoms with Crippen LogP contribution in [-0.4, -0.2) is 18.4 Å². The maximum absolute atomic E-state index is 12.4. The Balaban J connectivity index is 0.00000364. The minimum atomic E-state index is -0.200. The number of nitrogens with one attached hydrogen (secondary N) is 2. The number of hydrogen-bond donors (Lipinski definition) is 3. The molecule has 5 nitrogen and oxygen atoms in total. The number of benzene rings is 2. The topological polar surface area (TPSA) is 84.2 Å². The van der Waals surface area contributed by atoms with Gasteiger partial charge in [0.15, 0.2) is 0 Å². The van der Waals surface area contributed by atoms with Crippen LogP contribution in [0.25, 0.3) is 0 Å². The van der Waals surface area contributed by atoms with Crippen LogP contribution in [-0.2, 0) is 4.79 Å². The fourth-order valence-electron chi connectivity index (χ4n) is 2.62. The van der Waals surface area contributed by atoms with Gasteiger partial charge in [-0.1, -0.05) is 37.1 Å². The predicted molar refractivity (Wildman–Crippen MR) is 114 cm³/mol. The number of para-hydroxylation sites is 1. The zero-order valence-corrected chi connectivity index (χ0v) is 16.5. The Kier molecular flexibility index (Phi) is 10.2. The number of rotatable bonds is 9. The number of anilines is 2. The summed E-state index contributed by atoms with van der Waals surface area (Å²) in [6.07, 6.45) is 4.38. The lowest BCUT2D eigenvalue weighted by Gasteiger charge is -2.11. The van der Waals surface area contributed by atoms with Gasteiger partial charge in [-0.15, -0.1) is 12.4 Å². The maximum atomic E-state index is 12.4. The van der Waals surface area contributed by atoms with Crippen LogP contribution in [0.3, 0.4) is 0 Å². The fraction of sp³-hybridized carbons (Fsp3) is 0.333. The second-order valence-corrected chi connectivity index (χ2v) is 6.35. The molecule has 0 fully saturated rings. The summed E-state index contributed by atoms with van der Waals surface area (Å²) in [5.41, 5.74) is 8.32. The van der Waals surface area contributed by atoms with Crippen molar-refractivity contribution in [3.63, 3.8) is 0 Å². The smallest absolute Gasteiger partial charge is 0.255 e. The van der Waals surface area contributed by atoms with E-state index >= 15 is 0 Å². The second kappa shape index (κ2) is 12.1. The van der Waals surface area contributed by atoms with Crippen molar-refractivity contribution >= 4 is 35.6 Å². The summed E-state index contributed by atoms with van der Waals surface area (Å²) in [5.74, 6) is -0.227.